The average Bonchev–Trinajstić information content (AvgIpc) is 2.58. The van der Waals surface area contributed by atoms with Crippen LogP contribution in [0.2, 0.25) is 0 Å². The zero-order valence-corrected chi connectivity index (χ0v) is 7.44. The smallest absolute Gasteiger partial charge is 0.314 e. The van der Waals surface area contributed by atoms with E-state index in [0.29, 0.717) is 6.04 Å². The second-order valence-corrected chi connectivity index (χ2v) is 3.14. The van der Waals surface area contributed by atoms with Gasteiger partial charge in [0.2, 0.25) is 0 Å². The summed E-state index contributed by atoms with van der Waals surface area (Å²) in [6, 6.07) is 0.402. The lowest BCUT2D eigenvalue weighted by Gasteiger charge is -1.95. The highest BCUT2D eigenvalue weighted by Crippen LogP contribution is 2.14. The molecule has 0 aliphatic carbocycles. The van der Waals surface area contributed by atoms with Crippen molar-refractivity contribution in [3.8, 4) is 0 Å². The van der Waals surface area contributed by atoms with E-state index in [1.165, 1.54) is 0 Å². The number of aromatic amines is 1. The first-order chi connectivity index (χ1) is 5.75. The van der Waals surface area contributed by atoms with Crippen LogP contribution < -0.4 is 5.32 Å². The van der Waals surface area contributed by atoms with Gasteiger partial charge >= 0.3 is 4.84 Å². The van der Waals surface area contributed by atoms with E-state index < -0.39 is 0 Å². The fourth-order valence-corrected chi connectivity index (χ4v) is 1.35. The Hall–Kier alpha value is -0.940. The second-order valence-electron chi connectivity index (χ2n) is 2.79. The van der Waals surface area contributed by atoms with Crippen molar-refractivity contribution in [2.75, 3.05) is 6.54 Å². The number of H-pyrrole nitrogens is 1. The second kappa shape index (κ2) is 2.84. The van der Waals surface area contributed by atoms with Crippen LogP contribution in [0.4, 0.5) is 0 Å². The van der Waals surface area contributed by atoms with Crippen molar-refractivity contribution >= 4 is 17.8 Å². The van der Waals surface area contributed by atoms with Crippen molar-refractivity contribution < 1.29 is 4.52 Å². The zero-order valence-electron chi connectivity index (χ0n) is 6.63. The van der Waals surface area contributed by atoms with Crippen LogP contribution in [0.3, 0.4) is 0 Å². The molecule has 1 atom stereocenters. The SMILES string of the molecule is C[C@@H]1C=C(c2nc(=S)o[nH]2)CN1. The van der Waals surface area contributed by atoms with Gasteiger partial charge in [0, 0.05) is 18.2 Å². The fraction of sp³-hybridized carbons (Fsp3) is 0.429. The van der Waals surface area contributed by atoms with Crippen LogP contribution in [0.15, 0.2) is 10.6 Å². The maximum Gasteiger partial charge on any atom is 0.314 e. The highest BCUT2D eigenvalue weighted by atomic mass is 32.1. The Morgan fingerprint density at radius 2 is 2.58 bits per heavy atom. The van der Waals surface area contributed by atoms with Crippen LogP contribution in [-0.4, -0.2) is 22.7 Å². The predicted octanol–water partition coefficient (Wildman–Crippen LogP) is 1.11. The Balaban J connectivity index is 2.32. The number of aromatic nitrogens is 2. The van der Waals surface area contributed by atoms with E-state index in [9.17, 15) is 0 Å². The molecule has 1 aromatic rings. The summed E-state index contributed by atoms with van der Waals surface area (Å²) in [5.74, 6) is 0.733. The molecule has 0 radical (unpaired) electrons. The first-order valence-corrected chi connectivity index (χ1v) is 4.16. The summed E-state index contributed by atoms with van der Waals surface area (Å²) >= 11 is 4.74. The molecule has 0 spiro atoms. The van der Waals surface area contributed by atoms with Gasteiger partial charge in [0.15, 0.2) is 5.82 Å². The molecule has 64 valence electrons. The van der Waals surface area contributed by atoms with E-state index in [-0.39, 0.29) is 4.84 Å². The van der Waals surface area contributed by atoms with Crippen LogP contribution in [0.1, 0.15) is 12.7 Å². The molecule has 12 heavy (non-hydrogen) atoms. The average molecular weight is 183 g/mol. The van der Waals surface area contributed by atoms with E-state index in [4.69, 9.17) is 16.7 Å². The van der Waals surface area contributed by atoms with Gasteiger partial charge in [-0.15, -0.1) is 0 Å². The standard InChI is InChI=1S/C7H9N3OS/c1-4-2-5(3-8-4)6-9-7(12)11-10-6/h2,4,8H,3H2,1H3,(H,9,10,12)/t4-/m1/s1. The van der Waals surface area contributed by atoms with Crippen LogP contribution in [0.25, 0.3) is 5.57 Å². The van der Waals surface area contributed by atoms with Crippen LogP contribution in [-0.2, 0) is 0 Å². The quantitative estimate of drug-likeness (QED) is 0.640. The summed E-state index contributed by atoms with van der Waals surface area (Å²) in [5.41, 5.74) is 1.11. The summed E-state index contributed by atoms with van der Waals surface area (Å²) in [6.07, 6.45) is 2.10. The number of hydrogen-bond donors (Lipinski definition) is 2. The molecule has 5 heteroatoms. The molecule has 0 aromatic carbocycles. The maximum atomic E-state index is 4.82. The van der Waals surface area contributed by atoms with Gasteiger partial charge in [-0.05, 0) is 19.1 Å². The van der Waals surface area contributed by atoms with Crippen LogP contribution >= 0.6 is 12.2 Å². The van der Waals surface area contributed by atoms with Gasteiger partial charge in [-0.3, -0.25) is 0 Å². The summed E-state index contributed by atoms with van der Waals surface area (Å²) < 4.78 is 4.82. The minimum absolute atomic E-state index is 0.255. The Kier molecular flexibility index (Phi) is 1.82. The number of nitrogens with one attached hydrogen (secondary N) is 2. The molecule has 0 unspecified atom stereocenters. The van der Waals surface area contributed by atoms with E-state index in [1.54, 1.807) is 0 Å². The molecule has 0 saturated carbocycles. The summed E-state index contributed by atoms with van der Waals surface area (Å²) in [4.78, 5) is 4.27. The van der Waals surface area contributed by atoms with Crippen molar-refractivity contribution in [2.24, 2.45) is 0 Å². The third kappa shape index (κ3) is 1.33. The summed E-state index contributed by atoms with van der Waals surface area (Å²) in [6.45, 7) is 2.90. The molecule has 0 saturated heterocycles. The Bertz CT molecular complexity index is 365. The maximum absolute atomic E-state index is 4.82. The molecule has 2 N–H and O–H groups in total. The lowest BCUT2D eigenvalue weighted by atomic mass is 10.2. The van der Waals surface area contributed by atoms with E-state index in [1.807, 2.05) is 0 Å². The Morgan fingerprint density at radius 1 is 1.75 bits per heavy atom. The zero-order chi connectivity index (χ0) is 8.55. The third-order valence-corrected chi connectivity index (χ3v) is 1.98. The monoisotopic (exact) mass is 183 g/mol. The molecule has 2 rings (SSSR count). The molecule has 0 amide bonds. The van der Waals surface area contributed by atoms with Crippen molar-refractivity contribution in [1.29, 1.82) is 0 Å². The van der Waals surface area contributed by atoms with Crippen LogP contribution in [0, 0.1) is 4.84 Å². The van der Waals surface area contributed by atoms with Crippen molar-refractivity contribution in [3.63, 3.8) is 0 Å². The summed E-state index contributed by atoms with van der Waals surface area (Å²) in [7, 11) is 0. The van der Waals surface area contributed by atoms with Gasteiger partial charge in [0.1, 0.15) is 0 Å². The van der Waals surface area contributed by atoms with Gasteiger partial charge in [-0.1, -0.05) is 6.08 Å². The number of rotatable bonds is 1. The highest BCUT2D eigenvalue weighted by molar-refractivity contribution is 7.71. The molecule has 1 aromatic heterocycles. The Labute approximate surface area is 74.7 Å². The van der Waals surface area contributed by atoms with Gasteiger partial charge in [-0.25, -0.2) is 5.16 Å². The Morgan fingerprint density at radius 3 is 3.08 bits per heavy atom. The molecule has 1 aliphatic rings. The molecule has 4 nitrogen and oxygen atoms in total. The number of hydrogen-bond acceptors (Lipinski definition) is 4. The van der Waals surface area contributed by atoms with Crippen molar-refractivity contribution in [1.82, 2.24) is 15.5 Å². The molecule has 2 heterocycles. The normalized spacial score (nSPS) is 22.8. The molecular formula is C7H9N3OS. The third-order valence-electron chi connectivity index (χ3n) is 1.81. The van der Waals surface area contributed by atoms with Crippen molar-refractivity contribution in [3.05, 3.63) is 16.7 Å². The molecular weight excluding hydrogens is 174 g/mol. The lowest BCUT2D eigenvalue weighted by molar-refractivity contribution is 0.402. The van der Waals surface area contributed by atoms with Crippen LogP contribution in [0.5, 0.6) is 0 Å². The molecule has 1 aliphatic heterocycles. The topological polar surface area (TPSA) is 53.9 Å². The van der Waals surface area contributed by atoms with Gasteiger partial charge in [0.05, 0.1) is 0 Å². The first kappa shape index (κ1) is 7.70. The molecule has 0 bridgehead atoms. The van der Waals surface area contributed by atoms with Gasteiger partial charge in [-0.2, -0.15) is 4.98 Å². The van der Waals surface area contributed by atoms with E-state index in [2.05, 4.69) is 28.5 Å². The van der Waals surface area contributed by atoms with E-state index in [0.717, 1.165) is 17.9 Å². The number of nitrogens with zero attached hydrogens (tertiary/aromatic N) is 1. The highest BCUT2D eigenvalue weighted by Gasteiger charge is 2.14. The predicted molar refractivity (Wildman–Crippen MR) is 47.1 cm³/mol. The summed E-state index contributed by atoms with van der Waals surface area (Å²) in [5, 5.41) is 5.92. The van der Waals surface area contributed by atoms with E-state index >= 15 is 0 Å². The largest absolute Gasteiger partial charge is 0.348 e. The fourth-order valence-electron chi connectivity index (χ4n) is 1.22. The minimum Gasteiger partial charge on any atom is -0.348 e. The van der Waals surface area contributed by atoms with Crippen molar-refractivity contribution in [2.45, 2.75) is 13.0 Å². The first-order valence-electron chi connectivity index (χ1n) is 3.75. The molecule has 0 fully saturated rings. The lowest BCUT2D eigenvalue weighted by Crippen LogP contribution is -2.17. The van der Waals surface area contributed by atoms with Gasteiger partial charge in [0.25, 0.3) is 0 Å². The van der Waals surface area contributed by atoms with Gasteiger partial charge < -0.3 is 9.84 Å². The minimum atomic E-state index is 0.255.